The fourth-order valence-electron chi connectivity index (χ4n) is 1.50. The standard InChI is InChI=1S/C12H13NO2S/c1-8-4-5-11(14-2)9(6-8)10-7-16-12(13-10)15-3/h4-7H,1-3H3. The first-order chi connectivity index (χ1) is 7.74. The number of ether oxygens (including phenoxy) is 2. The van der Waals surface area contributed by atoms with Gasteiger partial charge in [0, 0.05) is 10.9 Å². The van der Waals surface area contributed by atoms with E-state index in [-0.39, 0.29) is 0 Å². The van der Waals surface area contributed by atoms with Gasteiger partial charge >= 0.3 is 0 Å². The number of nitrogens with zero attached hydrogens (tertiary/aromatic N) is 1. The zero-order valence-electron chi connectivity index (χ0n) is 9.48. The number of aromatic nitrogens is 1. The molecule has 0 aliphatic carbocycles. The lowest BCUT2D eigenvalue weighted by Crippen LogP contribution is -1.89. The first-order valence-electron chi connectivity index (χ1n) is 4.89. The molecule has 0 saturated carbocycles. The van der Waals surface area contributed by atoms with Gasteiger partial charge in [-0.15, -0.1) is 0 Å². The second-order valence-corrected chi connectivity index (χ2v) is 4.23. The summed E-state index contributed by atoms with van der Waals surface area (Å²) in [4.78, 5) is 4.36. The smallest absolute Gasteiger partial charge is 0.273 e. The number of thiazole rings is 1. The molecule has 1 aromatic carbocycles. The van der Waals surface area contributed by atoms with Gasteiger partial charge in [-0.1, -0.05) is 23.0 Å². The van der Waals surface area contributed by atoms with Gasteiger partial charge in [-0.3, -0.25) is 0 Å². The lowest BCUT2D eigenvalue weighted by molar-refractivity contribution is 0.411. The predicted octanol–water partition coefficient (Wildman–Crippen LogP) is 3.14. The van der Waals surface area contributed by atoms with Crippen molar-refractivity contribution in [3.63, 3.8) is 0 Å². The van der Waals surface area contributed by atoms with Crippen LogP contribution in [0.4, 0.5) is 0 Å². The van der Waals surface area contributed by atoms with Gasteiger partial charge in [0.15, 0.2) is 0 Å². The number of benzene rings is 1. The summed E-state index contributed by atoms with van der Waals surface area (Å²) < 4.78 is 10.4. The molecule has 0 atom stereocenters. The van der Waals surface area contributed by atoms with Crippen LogP contribution in [0.3, 0.4) is 0 Å². The van der Waals surface area contributed by atoms with Gasteiger partial charge < -0.3 is 9.47 Å². The monoisotopic (exact) mass is 235 g/mol. The van der Waals surface area contributed by atoms with Crippen LogP contribution in [0.15, 0.2) is 23.6 Å². The molecule has 0 amide bonds. The van der Waals surface area contributed by atoms with Crippen molar-refractivity contribution >= 4 is 11.3 Å². The highest BCUT2D eigenvalue weighted by molar-refractivity contribution is 7.11. The van der Waals surface area contributed by atoms with Gasteiger partial charge in [-0.2, -0.15) is 0 Å². The second kappa shape index (κ2) is 4.53. The highest BCUT2D eigenvalue weighted by atomic mass is 32.1. The molecule has 0 N–H and O–H groups in total. The molecule has 2 rings (SSSR count). The van der Waals surface area contributed by atoms with Crippen molar-refractivity contribution in [3.05, 3.63) is 29.1 Å². The molecule has 1 heterocycles. The van der Waals surface area contributed by atoms with Crippen LogP contribution in [0.1, 0.15) is 5.56 Å². The van der Waals surface area contributed by atoms with Crippen LogP contribution in [0, 0.1) is 6.92 Å². The van der Waals surface area contributed by atoms with E-state index in [0.717, 1.165) is 17.0 Å². The quantitative estimate of drug-likeness (QED) is 0.819. The van der Waals surface area contributed by atoms with Crippen molar-refractivity contribution in [1.82, 2.24) is 4.98 Å². The number of hydrogen-bond donors (Lipinski definition) is 0. The molecular formula is C12H13NO2S. The third kappa shape index (κ3) is 2.02. The van der Waals surface area contributed by atoms with E-state index in [9.17, 15) is 0 Å². The SMILES string of the molecule is COc1nc(-c2cc(C)ccc2OC)cs1. The van der Waals surface area contributed by atoms with Crippen LogP contribution in [0.2, 0.25) is 0 Å². The maximum absolute atomic E-state index is 5.32. The average Bonchev–Trinajstić information content (AvgIpc) is 2.77. The topological polar surface area (TPSA) is 31.4 Å². The Hall–Kier alpha value is -1.55. The van der Waals surface area contributed by atoms with Crippen molar-refractivity contribution in [1.29, 1.82) is 0 Å². The van der Waals surface area contributed by atoms with Gasteiger partial charge in [0.05, 0.1) is 19.9 Å². The molecule has 2 aromatic rings. The number of rotatable bonds is 3. The summed E-state index contributed by atoms with van der Waals surface area (Å²) in [5.41, 5.74) is 3.08. The molecule has 0 aliphatic heterocycles. The van der Waals surface area contributed by atoms with Gasteiger partial charge in [0.1, 0.15) is 5.75 Å². The van der Waals surface area contributed by atoms with Crippen molar-refractivity contribution in [3.8, 4) is 22.2 Å². The highest BCUT2D eigenvalue weighted by Gasteiger charge is 2.10. The van der Waals surface area contributed by atoms with Crippen molar-refractivity contribution < 1.29 is 9.47 Å². The summed E-state index contributed by atoms with van der Waals surface area (Å²) in [6.45, 7) is 2.05. The zero-order chi connectivity index (χ0) is 11.5. The first kappa shape index (κ1) is 11.0. The van der Waals surface area contributed by atoms with E-state index in [1.165, 1.54) is 16.9 Å². The van der Waals surface area contributed by atoms with Crippen molar-refractivity contribution in [2.75, 3.05) is 14.2 Å². The summed E-state index contributed by atoms with van der Waals surface area (Å²) in [5.74, 6) is 0.832. The first-order valence-corrected chi connectivity index (χ1v) is 5.77. The molecule has 16 heavy (non-hydrogen) atoms. The van der Waals surface area contributed by atoms with E-state index in [0.29, 0.717) is 5.19 Å². The molecule has 3 nitrogen and oxygen atoms in total. The van der Waals surface area contributed by atoms with Crippen LogP contribution < -0.4 is 9.47 Å². The van der Waals surface area contributed by atoms with E-state index in [2.05, 4.69) is 11.1 Å². The Morgan fingerprint density at radius 3 is 2.62 bits per heavy atom. The lowest BCUT2D eigenvalue weighted by atomic mass is 10.1. The zero-order valence-corrected chi connectivity index (χ0v) is 10.3. The Kier molecular flexibility index (Phi) is 3.10. The summed E-state index contributed by atoms with van der Waals surface area (Å²) in [7, 11) is 3.29. The molecule has 0 bridgehead atoms. The number of hydrogen-bond acceptors (Lipinski definition) is 4. The maximum atomic E-state index is 5.32. The Balaban J connectivity index is 2.49. The Morgan fingerprint density at radius 2 is 2.00 bits per heavy atom. The van der Waals surface area contributed by atoms with Gasteiger partial charge in [-0.25, -0.2) is 4.98 Å². The second-order valence-electron chi connectivity index (χ2n) is 3.41. The molecule has 0 saturated heterocycles. The minimum atomic E-state index is 0.665. The molecule has 0 aliphatic rings. The molecule has 0 unspecified atom stereocenters. The van der Waals surface area contributed by atoms with Gasteiger partial charge in [0.25, 0.3) is 5.19 Å². The molecule has 84 valence electrons. The lowest BCUT2D eigenvalue weighted by Gasteiger charge is -2.06. The summed E-state index contributed by atoms with van der Waals surface area (Å²) >= 11 is 1.48. The summed E-state index contributed by atoms with van der Waals surface area (Å²) in [5, 5.41) is 2.63. The normalized spacial score (nSPS) is 10.2. The van der Waals surface area contributed by atoms with Crippen LogP contribution in [0.5, 0.6) is 10.9 Å². The minimum absolute atomic E-state index is 0.665. The van der Waals surface area contributed by atoms with Crippen LogP contribution in [-0.4, -0.2) is 19.2 Å². The third-order valence-corrected chi connectivity index (χ3v) is 3.09. The van der Waals surface area contributed by atoms with Gasteiger partial charge in [-0.05, 0) is 19.1 Å². The summed E-state index contributed by atoms with van der Waals surface area (Å²) in [6, 6.07) is 6.04. The Morgan fingerprint density at radius 1 is 1.19 bits per heavy atom. The number of methoxy groups -OCH3 is 2. The van der Waals surface area contributed by atoms with Crippen LogP contribution >= 0.6 is 11.3 Å². The van der Waals surface area contributed by atoms with E-state index in [1.807, 2.05) is 24.4 Å². The fourth-order valence-corrected chi connectivity index (χ4v) is 2.14. The molecule has 0 spiro atoms. The highest BCUT2D eigenvalue weighted by Crippen LogP contribution is 2.33. The maximum Gasteiger partial charge on any atom is 0.273 e. The summed E-state index contributed by atoms with van der Waals surface area (Å²) in [6.07, 6.45) is 0. The molecule has 0 fully saturated rings. The van der Waals surface area contributed by atoms with E-state index >= 15 is 0 Å². The van der Waals surface area contributed by atoms with Crippen molar-refractivity contribution in [2.45, 2.75) is 6.92 Å². The molecule has 1 aromatic heterocycles. The molecule has 4 heteroatoms. The Labute approximate surface area is 98.7 Å². The van der Waals surface area contributed by atoms with Crippen LogP contribution in [0.25, 0.3) is 11.3 Å². The van der Waals surface area contributed by atoms with E-state index in [4.69, 9.17) is 9.47 Å². The third-order valence-electron chi connectivity index (χ3n) is 2.29. The minimum Gasteiger partial charge on any atom is -0.496 e. The average molecular weight is 235 g/mol. The fraction of sp³-hybridized carbons (Fsp3) is 0.250. The van der Waals surface area contributed by atoms with E-state index in [1.54, 1.807) is 14.2 Å². The van der Waals surface area contributed by atoms with Crippen LogP contribution in [-0.2, 0) is 0 Å². The van der Waals surface area contributed by atoms with Crippen molar-refractivity contribution in [2.24, 2.45) is 0 Å². The van der Waals surface area contributed by atoms with Gasteiger partial charge in [0.2, 0.25) is 0 Å². The molecule has 0 radical (unpaired) electrons. The predicted molar refractivity (Wildman–Crippen MR) is 65.4 cm³/mol. The largest absolute Gasteiger partial charge is 0.496 e. The number of aryl methyl sites for hydroxylation is 1. The Bertz CT molecular complexity index is 494. The molecular weight excluding hydrogens is 222 g/mol. The van der Waals surface area contributed by atoms with E-state index < -0.39 is 0 Å².